The largest absolute Gasteiger partial charge is 0.451 e. The number of ether oxygens (including phenoxy) is 1. The molecule has 7 nitrogen and oxygen atoms in total. The molecule has 0 saturated carbocycles. The van der Waals surface area contributed by atoms with E-state index in [4.69, 9.17) is 9.15 Å². The van der Waals surface area contributed by atoms with Crippen molar-refractivity contribution in [3.05, 3.63) is 97.3 Å². The molecule has 1 N–H and O–H groups in total. The average molecular weight is 396 g/mol. The number of fused-ring (bicyclic) bond motifs is 1. The summed E-state index contributed by atoms with van der Waals surface area (Å²) in [5.74, 6) is 1.67. The third-order valence-corrected chi connectivity index (χ3v) is 4.48. The van der Waals surface area contributed by atoms with Crippen LogP contribution in [0.15, 0.2) is 95.9 Å². The lowest BCUT2D eigenvalue weighted by atomic mass is 10.2. The number of hydrogen-bond acceptors (Lipinski definition) is 5. The molecule has 30 heavy (non-hydrogen) atoms. The normalized spacial score (nSPS) is 10.8. The fourth-order valence-electron chi connectivity index (χ4n) is 3.03. The van der Waals surface area contributed by atoms with Crippen LogP contribution in [0.3, 0.4) is 0 Å². The second-order valence-corrected chi connectivity index (χ2v) is 6.53. The zero-order valence-electron chi connectivity index (χ0n) is 15.7. The van der Waals surface area contributed by atoms with Crippen LogP contribution in [-0.4, -0.2) is 20.4 Å². The highest BCUT2D eigenvalue weighted by Crippen LogP contribution is 2.24. The number of amides is 1. The molecule has 0 spiro atoms. The second-order valence-electron chi connectivity index (χ2n) is 6.53. The highest BCUT2D eigenvalue weighted by Gasteiger charge is 2.12. The molecule has 0 radical (unpaired) electrons. The van der Waals surface area contributed by atoms with Gasteiger partial charge in [-0.25, -0.2) is 9.97 Å². The van der Waals surface area contributed by atoms with E-state index in [9.17, 15) is 4.79 Å². The molecule has 7 heteroatoms. The van der Waals surface area contributed by atoms with Gasteiger partial charge in [-0.15, -0.1) is 0 Å². The molecular weight excluding hydrogens is 380 g/mol. The van der Waals surface area contributed by atoms with Gasteiger partial charge in [0.05, 0.1) is 0 Å². The summed E-state index contributed by atoms with van der Waals surface area (Å²) in [7, 11) is 0. The summed E-state index contributed by atoms with van der Waals surface area (Å²) in [6.45, 7) is 0. The van der Waals surface area contributed by atoms with Crippen molar-refractivity contribution < 1.29 is 13.9 Å². The Morgan fingerprint density at radius 1 is 0.933 bits per heavy atom. The van der Waals surface area contributed by atoms with E-state index < -0.39 is 0 Å². The Hall–Kier alpha value is -4.39. The number of furan rings is 1. The number of nitrogens with one attached hydrogen (secondary N) is 1. The number of aromatic nitrogens is 3. The lowest BCUT2D eigenvalue weighted by molar-refractivity contribution is 0.0998. The van der Waals surface area contributed by atoms with E-state index >= 15 is 0 Å². The molecule has 0 aliphatic heterocycles. The standard InChI is InChI=1S/C23H16N4O3/c28-23(20-13-16-5-1-2-6-19(16)30-20)26-17-7-9-18(10-8-17)29-22-14-21(24-15-25-22)27-11-3-4-12-27/h1-15H,(H,26,28). The monoisotopic (exact) mass is 396 g/mol. The molecule has 0 atom stereocenters. The molecule has 0 unspecified atom stereocenters. The number of benzene rings is 2. The first kappa shape index (κ1) is 17.7. The summed E-state index contributed by atoms with van der Waals surface area (Å²) in [6, 6.07) is 21.8. The number of rotatable bonds is 5. The maximum atomic E-state index is 12.5. The number of anilines is 1. The SMILES string of the molecule is O=C(Nc1ccc(Oc2cc(-n3cccc3)ncn2)cc1)c1cc2ccccc2o1. The average Bonchev–Trinajstić information content (AvgIpc) is 3.45. The summed E-state index contributed by atoms with van der Waals surface area (Å²) in [4.78, 5) is 20.8. The van der Waals surface area contributed by atoms with E-state index in [2.05, 4.69) is 15.3 Å². The van der Waals surface area contributed by atoms with Gasteiger partial charge in [0, 0.05) is 29.5 Å². The van der Waals surface area contributed by atoms with Crippen molar-refractivity contribution >= 4 is 22.6 Å². The van der Waals surface area contributed by atoms with Crippen LogP contribution in [0.4, 0.5) is 5.69 Å². The molecular formula is C23H16N4O3. The van der Waals surface area contributed by atoms with Crippen LogP contribution in [-0.2, 0) is 0 Å². The summed E-state index contributed by atoms with van der Waals surface area (Å²) in [6.07, 6.45) is 5.24. The van der Waals surface area contributed by atoms with Crippen molar-refractivity contribution in [3.63, 3.8) is 0 Å². The van der Waals surface area contributed by atoms with Crippen molar-refractivity contribution in [3.8, 4) is 17.4 Å². The first-order valence-corrected chi connectivity index (χ1v) is 9.28. The molecule has 0 aliphatic rings. The lowest BCUT2D eigenvalue weighted by Gasteiger charge is -2.08. The Bertz CT molecular complexity index is 1280. The summed E-state index contributed by atoms with van der Waals surface area (Å²) in [5, 5.41) is 3.71. The zero-order valence-corrected chi connectivity index (χ0v) is 15.7. The van der Waals surface area contributed by atoms with E-state index in [1.165, 1.54) is 6.33 Å². The van der Waals surface area contributed by atoms with Crippen molar-refractivity contribution in [1.82, 2.24) is 14.5 Å². The van der Waals surface area contributed by atoms with Crippen molar-refractivity contribution in [2.75, 3.05) is 5.32 Å². The predicted octanol–water partition coefficient (Wildman–Crippen LogP) is 5.06. The lowest BCUT2D eigenvalue weighted by Crippen LogP contribution is -2.10. The fraction of sp³-hybridized carbons (Fsp3) is 0. The van der Waals surface area contributed by atoms with Gasteiger partial charge in [-0.05, 0) is 48.5 Å². The van der Waals surface area contributed by atoms with Gasteiger partial charge in [0.1, 0.15) is 23.5 Å². The van der Waals surface area contributed by atoms with E-state index in [1.807, 2.05) is 53.4 Å². The topological polar surface area (TPSA) is 82.2 Å². The zero-order chi connectivity index (χ0) is 20.3. The Morgan fingerprint density at radius 2 is 1.73 bits per heavy atom. The highest BCUT2D eigenvalue weighted by atomic mass is 16.5. The number of carbonyl (C=O) groups is 1. The van der Waals surface area contributed by atoms with E-state index in [0.29, 0.717) is 28.7 Å². The minimum Gasteiger partial charge on any atom is -0.451 e. The van der Waals surface area contributed by atoms with Crippen LogP contribution in [0.1, 0.15) is 10.6 Å². The van der Waals surface area contributed by atoms with Crippen LogP contribution >= 0.6 is 0 Å². The molecule has 0 aliphatic carbocycles. The third kappa shape index (κ3) is 3.64. The maximum Gasteiger partial charge on any atom is 0.291 e. The summed E-state index contributed by atoms with van der Waals surface area (Å²) < 4.78 is 13.3. The second kappa shape index (κ2) is 7.56. The van der Waals surface area contributed by atoms with Crippen LogP contribution in [0.5, 0.6) is 11.6 Å². The van der Waals surface area contributed by atoms with Gasteiger partial charge >= 0.3 is 0 Å². The van der Waals surface area contributed by atoms with E-state index in [0.717, 1.165) is 5.39 Å². The first-order valence-electron chi connectivity index (χ1n) is 9.28. The molecule has 5 rings (SSSR count). The number of hydrogen-bond donors (Lipinski definition) is 1. The molecule has 5 aromatic rings. The van der Waals surface area contributed by atoms with Gasteiger partial charge < -0.3 is 19.0 Å². The summed E-state index contributed by atoms with van der Waals surface area (Å²) >= 11 is 0. The molecule has 0 fully saturated rings. The summed E-state index contributed by atoms with van der Waals surface area (Å²) in [5.41, 5.74) is 1.30. The smallest absolute Gasteiger partial charge is 0.291 e. The van der Waals surface area contributed by atoms with Gasteiger partial charge in [0.2, 0.25) is 5.88 Å². The molecule has 3 aromatic heterocycles. The Morgan fingerprint density at radius 3 is 2.53 bits per heavy atom. The van der Waals surface area contributed by atoms with E-state index in [1.54, 1.807) is 36.4 Å². The van der Waals surface area contributed by atoms with Crippen molar-refractivity contribution in [1.29, 1.82) is 0 Å². The van der Waals surface area contributed by atoms with Gasteiger partial charge in [0.15, 0.2) is 5.76 Å². The van der Waals surface area contributed by atoms with Gasteiger partial charge in [-0.2, -0.15) is 0 Å². The van der Waals surface area contributed by atoms with Crippen molar-refractivity contribution in [2.24, 2.45) is 0 Å². The predicted molar refractivity (Wildman–Crippen MR) is 112 cm³/mol. The number of carbonyl (C=O) groups excluding carboxylic acids is 1. The van der Waals surface area contributed by atoms with Crippen LogP contribution in [0, 0.1) is 0 Å². The Labute approximate surface area is 171 Å². The van der Waals surface area contributed by atoms with Gasteiger partial charge in [0.25, 0.3) is 5.91 Å². The Kier molecular flexibility index (Phi) is 4.46. The van der Waals surface area contributed by atoms with E-state index in [-0.39, 0.29) is 11.7 Å². The molecule has 1 amide bonds. The first-order chi connectivity index (χ1) is 14.7. The molecule has 0 saturated heterocycles. The number of para-hydroxylation sites is 1. The van der Waals surface area contributed by atoms with Gasteiger partial charge in [-0.1, -0.05) is 18.2 Å². The maximum absolute atomic E-state index is 12.5. The molecule has 146 valence electrons. The molecule has 0 bridgehead atoms. The van der Waals surface area contributed by atoms with Crippen LogP contribution in [0.2, 0.25) is 0 Å². The quantitative estimate of drug-likeness (QED) is 0.449. The van der Waals surface area contributed by atoms with Gasteiger partial charge in [-0.3, -0.25) is 4.79 Å². The van der Waals surface area contributed by atoms with Crippen LogP contribution < -0.4 is 10.1 Å². The molecule has 2 aromatic carbocycles. The third-order valence-electron chi connectivity index (χ3n) is 4.48. The fourth-order valence-corrected chi connectivity index (χ4v) is 3.03. The molecule has 3 heterocycles. The minimum atomic E-state index is -0.313. The number of nitrogens with zero attached hydrogens (tertiary/aromatic N) is 3. The highest BCUT2D eigenvalue weighted by molar-refractivity contribution is 6.04. The van der Waals surface area contributed by atoms with Crippen LogP contribution in [0.25, 0.3) is 16.8 Å². The Balaban J connectivity index is 1.27. The van der Waals surface area contributed by atoms with Crippen molar-refractivity contribution in [2.45, 2.75) is 0 Å². The minimum absolute atomic E-state index is 0.259.